The van der Waals surface area contributed by atoms with Crippen molar-refractivity contribution in [3.63, 3.8) is 0 Å². The van der Waals surface area contributed by atoms with Crippen molar-refractivity contribution < 1.29 is 28.7 Å². The van der Waals surface area contributed by atoms with Gasteiger partial charge in [0.2, 0.25) is 0 Å². The molecule has 4 aromatic rings. The maximum absolute atomic E-state index is 14.4. The highest BCUT2D eigenvalue weighted by Crippen LogP contribution is 2.48. The van der Waals surface area contributed by atoms with E-state index < -0.39 is 0 Å². The molecule has 0 aliphatic carbocycles. The van der Waals surface area contributed by atoms with Gasteiger partial charge in [-0.2, -0.15) is 0 Å². The second kappa shape index (κ2) is 22.9. The van der Waals surface area contributed by atoms with E-state index in [1.165, 1.54) is 13.8 Å². The number of benzene rings is 2. The van der Waals surface area contributed by atoms with Crippen molar-refractivity contribution in [2.75, 3.05) is 26.3 Å². The second-order valence-corrected chi connectivity index (χ2v) is 17.2. The van der Waals surface area contributed by atoms with Crippen molar-refractivity contribution in [1.29, 1.82) is 0 Å². The Balaban J connectivity index is 0.948. The van der Waals surface area contributed by atoms with Gasteiger partial charge in [0, 0.05) is 13.1 Å². The summed E-state index contributed by atoms with van der Waals surface area (Å²) < 4.78 is 11.8. The van der Waals surface area contributed by atoms with E-state index in [2.05, 4.69) is 0 Å². The number of ketones is 2. The standard InChI is InChI=1S/C50H56N2O6S2/c1-37(53)19-21-39-23-27-41(28-24-39)57-33-13-9-5-3-7-11-31-51-47(43-17-15-35-59-43)45-46(49(51)55)48(44-18-16-36-60-44)52(50(45)56)32-12-8-4-6-10-14-34-58-42-29-25-40(26-30-42)22-20-38(2)54/h15-30,35-36H,3-14,31-34H2,1-2H3. The highest BCUT2D eigenvalue weighted by Gasteiger charge is 2.49. The Morgan fingerprint density at radius 1 is 0.517 bits per heavy atom. The minimum absolute atomic E-state index is 0.0258. The molecule has 2 aromatic carbocycles. The molecular formula is C50H56N2O6S2. The maximum atomic E-state index is 14.4. The molecule has 314 valence electrons. The molecule has 8 nitrogen and oxygen atoms in total. The van der Waals surface area contributed by atoms with E-state index in [0.29, 0.717) is 37.4 Å². The van der Waals surface area contributed by atoms with Gasteiger partial charge in [-0.3, -0.25) is 19.2 Å². The number of fused-ring (bicyclic) bond motifs is 1. The third-order valence-corrected chi connectivity index (χ3v) is 12.3. The summed E-state index contributed by atoms with van der Waals surface area (Å²) in [5, 5.41) is 4.02. The van der Waals surface area contributed by atoms with Crippen LogP contribution in [0.1, 0.15) is 112 Å². The zero-order valence-corrected chi connectivity index (χ0v) is 36.5. The Morgan fingerprint density at radius 2 is 0.883 bits per heavy atom. The van der Waals surface area contributed by atoms with Crippen LogP contribution in [-0.2, 0) is 19.2 Å². The van der Waals surface area contributed by atoms with E-state index in [1.807, 2.05) is 93.4 Å². The quantitative estimate of drug-likeness (QED) is 0.0462. The van der Waals surface area contributed by atoms with E-state index in [0.717, 1.165) is 121 Å². The fourth-order valence-corrected chi connectivity index (χ4v) is 9.05. The van der Waals surface area contributed by atoms with E-state index in [9.17, 15) is 19.2 Å². The van der Waals surface area contributed by atoms with Crippen molar-refractivity contribution >= 4 is 69.6 Å². The van der Waals surface area contributed by atoms with Gasteiger partial charge >= 0.3 is 0 Å². The molecule has 2 aliphatic heterocycles. The van der Waals surface area contributed by atoms with Crippen LogP contribution in [0, 0.1) is 0 Å². The van der Waals surface area contributed by atoms with Crippen LogP contribution in [-0.4, -0.2) is 59.5 Å². The minimum atomic E-state index is -0.0595. The number of unbranched alkanes of at least 4 members (excludes halogenated alkanes) is 10. The predicted octanol–water partition coefficient (Wildman–Crippen LogP) is 11.7. The summed E-state index contributed by atoms with van der Waals surface area (Å²) in [5.74, 6) is 1.59. The van der Waals surface area contributed by atoms with Crippen molar-refractivity contribution in [3.8, 4) is 11.5 Å². The van der Waals surface area contributed by atoms with E-state index in [1.54, 1.807) is 47.0 Å². The first-order valence-corrected chi connectivity index (χ1v) is 23.1. The molecule has 2 amide bonds. The van der Waals surface area contributed by atoms with E-state index in [4.69, 9.17) is 9.47 Å². The molecule has 0 fully saturated rings. The van der Waals surface area contributed by atoms with Gasteiger partial charge in [-0.25, -0.2) is 0 Å². The van der Waals surface area contributed by atoms with E-state index >= 15 is 0 Å². The smallest absolute Gasteiger partial charge is 0.261 e. The topological polar surface area (TPSA) is 93.2 Å². The number of ether oxygens (including phenoxy) is 2. The van der Waals surface area contributed by atoms with Crippen LogP contribution in [0.2, 0.25) is 0 Å². The molecule has 0 saturated carbocycles. The summed E-state index contributed by atoms with van der Waals surface area (Å²) >= 11 is 3.15. The average molecular weight is 845 g/mol. The second-order valence-electron chi connectivity index (χ2n) is 15.3. The molecule has 4 heterocycles. The Labute approximate surface area is 362 Å². The Kier molecular flexibility index (Phi) is 16.9. The molecule has 60 heavy (non-hydrogen) atoms. The lowest BCUT2D eigenvalue weighted by Crippen LogP contribution is -2.30. The van der Waals surface area contributed by atoms with Gasteiger partial charge < -0.3 is 19.3 Å². The molecule has 0 bridgehead atoms. The fourth-order valence-electron chi connectivity index (χ4n) is 7.48. The van der Waals surface area contributed by atoms with Crippen LogP contribution in [0.3, 0.4) is 0 Å². The van der Waals surface area contributed by atoms with Gasteiger partial charge in [0.1, 0.15) is 11.5 Å². The summed E-state index contributed by atoms with van der Waals surface area (Å²) in [6.07, 6.45) is 18.9. The molecule has 10 heteroatoms. The molecular weight excluding hydrogens is 789 g/mol. The number of amides is 2. The van der Waals surface area contributed by atoms with Gasteiger partial charge in [-0.1, -0.05) is 99.9 Å². The number of rotatable bonds is 26. The van der Waals surface area contributed by atoms with Crippen LogP contribution in [0.5, 0.6) is 11.5 Å². The number of nitrogens with zero attached hydrogens (tertiary/aromatic N) is 2. The molecule has 2 aliphatic rings. The fraction of sp³-hybridized carbons (Fsp3) is 0.360. The van der Waals surface area contributed by atoms with E-state index in [-0.39, 0.29) is 23.4 Å². The average Bonchev–Trinajstić information content (AvgIpc) is 4.07. The Bertz CT molecular complexity index is 2010. The lowest BCUT2D eigenvalue weighted by molar-refractivity contribution is -0.124. The molecule has 6 rings (SSSR count). The van der Waals surface area contributed by atoms with Gasteiger partial charge in [-0.15, -0.1) is 22.7 Å². The lowest BCUT2D eigenvalue weighted by atomic mass is 10.1. The zero-order chi connectivity index (χ0) is 42.1. The summed E-state index contributed by atoms with van der Waals surface area (Å²) in [6, 6.07) is 23.6. The summed E-state index contributed by atoms with van der Waals surface area (Å²) in [6.45, 7) is 5.57. The lowest BCUT2D eigenvalue weighted by Gasteiger charge is -2.24. The molecule has 0 radical (unpaired) electrons. The van der Waals surface area contributed by atoms with Crippen LogP contribution in [0.25, 0.3) is 23.5 Å². The third kappa shape index (κ3) is 12.4. The highest BCUT2D eigenvalue weighted by atomic mass is 32.1. The molecule has 0 atom stereocenters. The SMILES string of the molecule is CC(=O)C=Cc1ccc(OCCCCCCCCN2C(=O)C3=C(c4cccs4)N(CCCCCCCCOc4ccc(C=CC(C)=O)cc4)C(=O)C3=C2c2cccs2)cc1. The Morgan fingerprint density at radius 3 is 1.23 bits per heavy atom. The number of hydrogen-bond acceptors (Lipinski definition) is 8. The number of carbonyl (C=O) groups excluding carboxylic acids is 4. The first-order chi connectivity index (χ1) is 29.3. The predicted molar refractivity (Wildman–Crippen MR) is 245 cm³/mol. The molecule has 0 unspecified atom stereocenters. The normalized spacial score (nSPS) is 14.1. The monoisotopic (exact) mass is 844 g/mol. The summed E-state index contributed by atoms with van der Waals surface area (Å²) in [5.41, 5.74) is 4.62. The first-order valence-electron chi connectivity index (χ1n) is 21.3. The van der Waals surface area contributed by atoms with Gasteiger partial charge in [-0.05, 0) is 110 Å². The van der Waals surface area contributed by atoms with Crippen LogP contribution in [0.15, 0.2) is 107 Å². The largest absolute Gasteiger partial charge is 0.494 e. The van der Waals surface area contributed by atoms with Crippen LogP contribution in [0.4, 0.5) is 0 Å². The number of hydrogen-bond donors (Lipinski definition) is 0. The van der Waals surface area contributed by atoms with Crippen molar-refractivity contribution in [1.82, 2.24) is 9.80 Å². The molecule has 0 saturated heterocycles. The van der Waals surface area contributed by atoms with Crippen molar-refractivity contribution in [3.05, 3.63) is 128 Å². The van der Waals surface area contributed by atoms with Gasteiger partial charge in [0.25, 0.3) is 11.8 Å². The maximum Gasteiger partial charge on any atom is 0.261 e. The number of allylic oxidation sites excluding steroid dienone is 2. The summed E-state index contributed by atoms with van der Waals surface area (Å²) in [4.78, 5) is 56.8. The van der Waals surface area contributed by atoms with Crippen molar-refractivity contribution in [2.24, 2.45) is 0 Å². The van der Waals surface area contributed by atoms with Gasteiger partial charge in [0.15, 0.2) is 11.6 Å². The van der Waals surface area contributed by atoms with Crippen LogP contribution < -0.4 is 9.47 Å². The van der Waals surface area contributed by atoms with Gasteiger partial charge in [0.05, 0.1) is 45.5 Å². The highest BCUT2D eigenvalue weighted by molar-refractivity contribution is 7.11. The third-order valence-electron chi connectivity index (χ3n) is 10.6. The van der Waals surface area contributed by atoms with Crippen molar-refractivity contribution in [2.45, 2.75) is 90.9 Å². The number of thiophene rings is 2. The van der Waals surface area contributed by atoms with Crippen LogP contribution >= 0.6 is 22.7 Å². The minimum Gasteiger partial charge on any atom is -0.494 e. The Hall–Kier alpha value is -5.32. The zero-order valence-electron chi connectivity index (χ0n) is 34.9. The molecule has 0 N–H and O–H groups in total. The first kappa shape index (κ1) is 44.2. The number of carbonyl (C=O) groups is 4. The molecule has 0 spiro atoms. The molecule has 2 aromatic heterocycles. The summed E-state index contributed by atoms with van der Waals surface area (Å²) in [7, 11) is 0.